The van der Waals surface area contributed by atoms with Gasteiger partial charge in [-0.25, -0.2) is 0 Å². The average molecular weight is 248 g/mol. The van der Waals surface area contributed by atoms with Crippen LogP contribution in [-0.2, 0) is 17.6 Å². The van der Waals surface area contributed by atoms with Gasteiger partial charge in [0.15, 0.2) is 0 Å². The molecule has 0 radical (unpaired) electrons. The third-order valence-corrected chi connectivity index (χ3v) is 3.20. The second kappa shape index (κ2) is 8.73. The molecule has 2 nitrogen and oxygen atoms in total. The molecule has 1 aromatic carbocycles. The van der Waals surface area contributed by atoms with E-state index in [-0.39, 0.29) is 0 Å². The van der Waals surface area contributed by atoms with Gasteiger partial charge in [0.05, 0.1) is 0 Å². The molecular weight excluding hydrogens is 224 g/mol. The topological polar surface area (TPSA) is 37.3 Å². The quantitative estimate of drug-likeness (QED) is 0.664. The number of hydrogen-bond donors (Lipinski definition) is 1. The van der Waals surface area contributed by atoms with Crippen LogP contribution in [0.15, 0.2) is 24.3 Å². The minimum Gasteiger partial charge on any atom is -0.481 e. The Hall–Kier alpha value is -1.31. The van der Waals surface area contributed by atoms with Crippen LogP contribution in [-0.4, -0.2) is 11.1 Å². The Labute approximate surface area is 110 Å². The number of aliphatic carboxylic acids is 1. The number of unbranched alkanes of at least 4 members (excludes halogenated alkanes) is 3. The van der Waals surface area contributed by atoms with Crippen LogP contribution in [0.2, 0.25) is 0 Å². The molecule has 1 rings (SSSR count). The van der Waals surface area contributed by atoms with Crippen LogP contribution in [0.1, 0.15) is 56.6 Å². The van der Waals surface area contributed by atoms with Gasteiger partial charge in [0.1, 0.15) is 0 Å². The third-order valence-electron chi connectivity index (χ3n) is 3.20. The molecule has 0 bridgehead atoms. The second-order valence-electron chi connectivity index (χ2n) is 4.87. The smallest absolute Gasteiger partial charge is 0.303 e. The second-order valence-corrected chi connectivity index (χ2v) is 4.87. The van der Waals surface area contributed by atoms with Gasteiger partial charge in [-0.1, -0.05) is 44.0 Å². The highest BCUT2D eigenvalue weighted by molar-refractivity contribution is 5.66. The van der Waals surface area contributed by atoms with Crippen molar-refractivity contribution in [1.29, 1.82) is 0 Å². The zero-order valence-corrected chi connectivity index (χ0v) is 11.3. The summed E-state index contributed by atoms with van der Waals surface area (Å²) in [6, 6.07) is 8.87. The number of hydrogen-bond acceptors (Lipinski definition) is 1. The monoisotopic (exact) mass is 248 g/mol. The summed E-state index contributed by atoms with van der Waals surface area (Å²) < 4.78 is 0. The molecule has 1 aromatic rings. The number of benzene rings is 1. The molecule has 1 N–H and O–H groups in total. The van der Waals surface area contributed by atoms with Gasteiger partial charge >= 0.3 is 5.97 Å². The van der Waals surface area contributed by atoms with Gasteiger partial charge in [-0.05, 0) is 43.2 Å². The summed E-state index contributed by atoms with van der Waals surface area (Å²) in [6.07, 6.45) is 7.92. The lowest BCUT2D eigenvalue weighted by Crippen LogP contribution is -1.94. The summed E-state index contributed by atoms with van der Waals surface area (Å²) in [5, 5.41) is 8.53. The van der Waals surface area contributed by atoms with E-state index < -0.39 is 5.97 Å². The van der Waals surface area contributed by atoms with Gasteiger partial charge in [-0.2, -0.15) is 0 Å². The molecule has 2 heteroatoms. The average Bonchev–Trinajstić information content (AvgIpc) is 2.37. The Morgan fingerprint density at radius 3 is 2.00 bits per heavy atom. The van der Waals surface area contributed by atoms with Crippen molar-refractivity contribution >= 4 is 5.97 Å². The summed E-state index contributed by atoms with van der Waals surface area (Å²) in [5.74, 6) is -0.685. The van der Waals surface area contributed by atoms with Crippen molar-refractivity contribution < 1.29 is 9.90 Å². The highest BCUT2D eigenvalue weighted by atomic mass is 16.4. The van der Waals surface area contributed by atoms with Gasteiger partial charge in [0.25, 0.3) is 0 Å². The number of carboxylic acids is 1. The van der Waals surface area contributed by atoms with E-state index in [0.29, 0.717) is 6.42 Å². The first-order valence-electron chi connectivity index (χ1n) is 7.02. The Morgan fingerprint density at radius 2 is 1.50 bits per heavy atom. The van der Waals surface area contributed by atoms with Crippen LogP contribution >= 0.6 is 0 Å². The maximum atomic E-state index is 10.4. The SMILES string of the molecule is CCCCc1ccc(CCCCCC(=O)O)cc1. The fourth-order valence-electron chi connectivity index (χ4n) is 2.04. The van der Waals surface area contributed by atoms with Gasteiger partial charge in [-0.3, -0.25) is 4.79 Å². The molecule has 0 aromatic heterocycles. The minimum absolute atomic E-state index is 0.302. The molecule has 0 saturated heterocycles. The van der Waals surface area contributed by atoms with Crippen molar-refractivity contribution in [2.45, 2.75) is 58.3 Å². The van der Waals surface area contributed by atoms with E-state index >= 15 is 0 Å². The van der Waals surface area contributed by atoms with Crippen molar-refractivity contribution in [3.05, 3.63) is 35.4 Å². The van der Waals surface area contributed by atoms with Crippen molar-refractivity contribution in [3.8, 4) is 0 Å². The van der Waals surface area contributed by atoms with E-state index in [1.165, 1.54) is 30.4 Å². The zero-order chi connectivity index (χ0) is 13.2. The van der Waals surface area contributed by atoms with Crippen molar-refractivity contribution in [2.24, 2.45) is 0 Å². The molecule has 0 heterocycles. The molecular formula is C16H24O2. The fraction of sp³-hybridized carbons (Fsp3) is 0.562. The first kappa shape index (κ1) is 14.7. The molecule has 0 amide bonds. The number of carbonyl (C=O) groups is 1. The Morgan fingerprint density at radius 1 is 0.944 bits per heavy atom. The summed E-state index contributed by atoms with van der Waals surface area (Å²) >= 11 is 0. The molecule has 0 aliphatic carbocycles. The van der Waals surface area contributed by atoms with Gasteiger partial charge < -0.3 is 5.11 Å². The molecule has 0 atom stereocenters. The van der Waals surface area contributed by atoms with Crippen LogP contribution in [0.4, 0.5) is 0 Å². The standard InChI is InChI=1S/C16H24O2/c1-2-3-7-14-10-12-15(13-11-14)8-5-4-6-9-16(17)18/h10-13H,2-9H2,1H3,(H,17,18). The Balaban J connectivity index is 2.20. The molecule has 0 spiro atoms. The molecule has 0 aliphatic heterocycles. The van der Waals surface area contributed by atoms with Crippen LogP contribution in [0, 0.1) is 0 Å². The maximum absolute atomic E-state index is 10.4. The van der Waals surface area contributed by atoms with Crippen LogP contribution in [0.25, 0.3) is 0 Å². The Kier molecular flexibility index (Phi) is 7.16. The fourth-order valence-corrected chi connectivity index (χ4v) is 2.04. The summed E-state index contributed by atoms with van der Waals surface area (Å²) in [5.41, 5.74) is 2.79. The van der Waals surface area contributed by atoms with E-state index in [1.54, 1.807) is 0 Å². The van der Waals surface area contributed by atoms with Crippen LogP contribution in [0.5, 0.6) is 0 Å². The van der Waals surface area contributed by atoms with Crippen LogP contribution < -0.4 is 0 Å². The lowest BCUT2D eigenvalue weighted by molar-refractivity contribution is -0.137. The van der Waals surface area contributed by atoms with Gasteiger partial charge in [0, 0.05) is 6.42 Å². The predicted octanol–water partition coefficient (Wildman–Crippen LogP) is 4.22. The lowest BCUT2D eigenvalue weighted by atomic mass is 10.0. The van der Waals surface area contributed by atoms with E-state index in [0.717, 1.165) is 25.7 Å². The van der Waals surface area contributed by atoms with E-state index in [9.17, 15) is 4.79 Å². The summed E-state index contributed by atoms with van der Waals surface area (Å²) in [6.45, 7) is 2.21. The molecule has 18 heavy (non-hydrogen) atoms. The van der Waals surface area contributed by atoms with Gasteiger partial charge in [-0.15, -0.1) is 0 Å². The molecule has 0 fully saturated rings. The third kappa shape index (κ3) is 6.43. The van der Waals surface area contributed by atoms with E-state index in [1.807, 2.05) is 0 Å². The summed E-state index contributed by atoms with van der Waals surface area (Å²) in [7, 11) is 0. The van der Waals surface area contributed by atoms with Crippen LogP contribution in [0.3, 0.4) is 0 Å². The summed E-state index contributed by atoms with van der Waals surface area (Å²) in [4.78, 5) is 10.4. The number of aryl methyl sites for hydroxylation is 2. The molecule has 0 saturated carbocycles. The molecule has 0 aliphatic rings. The van der Waals surface area contributed by atoms with Crippen molar-refractivity contribution in [2.75, 3.05) is 0 Å². The highest BCUT2D eigenvalue weighted by Crippen LogP contribution is 2.11. The number of rotatable bonds is 9. The van der Waals surface area contributed by atoms with Gasteiger partial charge in [0.2, 0.25) is 0 Å². The zero-order valence-electron chi connectivity index (χ0n) is 11.3. The first-order chi connectivity index (χ1) is 8.72. The van der Waals surface area contributed by atoms with E-state index in [2.05, 4.69) is 31.2 Å². The normalized spacial score (nSPS) is 10.5. The maximum Gasteiger partial charge on any atom is 0.303 e. The Bertz CT molecular complexity index is 341. The first-order valence-corrected chi connectivity index (χ1v) is 7.02. The predicted molar refractivity (Wildman–Crippen MR) is 74.9 cm³/mol. The largest absolute Gasteiger partial charge is 0.481 e. The number of carboxylic acid groups (broad SMARTS) is 1. The van der Waals surface area contributed by atoms with E-state index in [4.69, 9.17) is 5.11 Å². The van der Waals surface area contributed by atoms with Crippen molar-refractivity contribution in [3.63, 3.8) is 0 Å². The molecule has 100 valence electrons. The highest BCUT2D eigenvalue weighted by Gasteiger charge is 1.98. The minimum atomic E-state index is -0.685. The molecule has 0 unspecified atom stereocenters. The lowest BCUT2D eigenvalue weighted by Gasteiger charge is -2.04. The van der Waals surface area contributed by atoms with Crippen molar-refractivity contribution in [1.82, 2.24) is 0 Å².